The van der Waals surface area contributed by atoms with Gasteiger partial charge in [0.1, 0.15) is 11.6 Å². The second-order valence-corrected chi connectivity index (χ2v) is 13.0. The Kier molecular flexibility index (Phi) is 11.6. The lowest BCUT2D eigenvalue weighted by atomic mass is 9.82. The van der Waals surface area contributed by atoms with E-state index in [2.05, 4.69) is 31.7 Å². The molecule has 0 atom stereocenters. The molecule has 41 heavy (non-hydrogen) atoms. The average molecular weight is 606 g/mol. The number of halogens is 1. The zero-order valence-corrected chi connectivity index (χ0v) is 25.1. The van der Waals surface area contributed by atoms with Crippen LogP contribution in [0.5, 0.6) is 0 Å². The number of rotatable bonds is 14. The Morgan fingerprint density at radius 1 is 1.12 bits per heavy atom. The van der Waals surface area contributed by atoms with Crippen LogP contribution in [0.25, 0.3) is 11.3 Å². The van der Waals surface area contributed by atoms with Gasteiger partial charge in [-0.1, -0.05) is 17.7 Å². The van der Waals surface area contributed by atoms with Gasteiger partial charge in [-0.15, -0.1) is 0 Å². The minimum absolute atomic E-state index is 0.285. The van der Waals surface area contributed by atoms with Gasteiger partial charge in [-0.2, -0.15) is 5.26 Å². The molecular weight excluding hydrogens is 566 g/mol. The minimum Gasteiger partial charge on any atom is -0.381 e. The Bertz CT molecular complexity index is 1280. The number of pyridine rings is 2. The highest BCUT2D eigenvalue weighted by molar-refractivity contribution is 7.88. The molecule has 4 N–H and O–H groups in total. The molecule has 13 heteroatoms. The van der Waals surface area contributed by atoms with Gasteiger partial charge in [0.2, 0.25) is 10.0 Å². The number of nitrogens with one attached hydrogen (secondary N) is 4. The molecule has 1 aliphatic carbocycles. The quantitative estimate of drug-likeness (QED) is 0.236. The lowest BCUT2D eigenvalue weighted by molar-refractivity contribution is 0.0455. The van der Waals surface area contributed by atoms with Gasteiger partial charge in [-0.25, -0.2) is 23.1 Å². The zero-order chi connectivity index (χ0) is 29.1. The normalized spacial score (nSPS) is 20.7. The van der Waals surface area contributed by atoms with E-state index in [0.717, 1.165) is 55.6 Å². The van der Waals surface area contributed by atoms with E-state index in [4.69, 9.17) is 26.1 Å². The number of sulfonamides is 1. The van der Waals surface area contributed by atoms with Gasteiger partial charge in [0, 0.05) is 56.7 Å². The first kappa shape index (κ1) is 31.4. The van der Waals surface area contributed by atoms with E-state index in [1.54, 1.807) is 6.20 Å². The molecule has 1 aliphatic heterocycles. The third kappa shape index (κ3) is 10.1. The smallest absolute Gasteiger partial charge is 0.208 e. The van der Waals surface area contributed by atoms with Crippen molar-refractivity contribution in [2.24, 2.45) is 5.41 Å². The molecule has 224 valence electrons. The van der Waals surface area contributed by atoms with Gasteiger partial charge >= 0.3 is 0 Å². The maximum atomic E-state index is 11.1. The summed E-state index contributed by atoms with van der Waals surface area (Å²) in [6, 6.07) is 10.9. The fourth-order valence-electron chi connectivity index (χ4n) is 5.13. The molecule has 0 bridgehead atoms. The topological polar surface area (TPSA) is 150 Å². The number of nitriles is 1. The fraction of sp³-hybridized carbons (Fsp3) is 0.607. The Labute approximate surface area is 247 Å². The second kappa shape index (κ2) is 15.1. The second-order valence-electron chi connectivity index (χ2n) is 10.7. The molecule has 1 saturated heterocycles. The van der Waals surface area contributed by atoms with Crippen molar-refractivity contribution < 1.29 is 17.9 Å². The summed E-state index contributed by atoms with van der Waals surface area (Å²) in [5, 5.41) is 20.7. The van der Waals surface area contributed by atoms with E-state index in [1.165, 1.54) is 0 Å². The van der Waals surface area contributed by atoms with Crippen molar-refractivity contribution in [2.45, 2.75) is 50.6 Å². The Hall–Kier alpha value is -2.53. The van der Waals surface area contributed by atoms with Crippen LogP contribution in [0.4, 0.5) is 11.6 Å². The molecule has 1 saturated carbocycles. The summed E-state index contributed by atoms with van der Waals surface area (Å²) >= 11 is 6.54. The van der Waals surface area contributed by atoms with E-state index < -0.39 is 15.4 Å². The summed E-state index contributed by atoms with van der Waals surface area (Å²) < 4.78 is 35.4. The largest absolute Gasteiger partial charge is 0.381 e. The van der Waals surface area contributed by atoms with Crippen molar-refractivity contribution in [2.75, 3.05) is 63.0 Å². The SMILES string of the molecule is CS(=O)(=O)NCCOCCN[C@H]1CC[C@H](Nc2cc(-c3cccc(NCC4(C#N)CCOCC4)n3)c(Cl)cn2)CC1. The molecule has 2 fully saturated rings. The van der Waals surface area contributed by atoms with Crippen LogP contribution in [-0.2, 0) is 19.5 Å². The van der Waals surface area contributed by atoms with Gasteiger partial charge in [0.15, 0.2) is 0 Å². The predicted molar refractivity (Wildman–Crippen MR) is 160 cm³/mol. The molecule has 0 spiro atoms. The molecule has 0 aromatic carbocycles. The minimum atomic E-state index is -3.17. The predicted octanol–water partition coefficient (Wildman–Crippen LogP) is 3.41. The summed E-state index contributed by atoms with van der Waals surface area (Å²) in [6.07, 6.45) is 8.32. The lowest BCUT2D eigenvalue weighted by Gasteiger charge is -2.30. The number of hydrogen-bond donors (Lipinski definition) is 4. The summed E-state index contributed by atoms with van der Waals surface area (Å²) in [7, 11) is -3.17. The highest BCUT2D eigenvalue weighted by Crippen LogP contribution is 2.32. The van der Waals surface area contributed by atoms with Crippen LogP contribution in [0.1, 0.15) is 38.5 Å². The molecule has 4 rings (SSSR count). The van der Waals surface area contributed by atoms with E-state index in [1.807, 2.05) is 24.3 Å². The number of aromatic nitrogens is 2. The highest BCUT2D eigenvalue weighted by Gasteiger charge is 2.32. The van der Waals surface area contributed by atoms with E-state index >= 15 is 0 Å². The molecule has 0 amide bonds. The highest BCUT2D eigenvalue weighted by atomic mass is 35.5. The van der Waals surface area contributed by atoms with Crippen molar-refractivity contribution in [3.05, 3.63) is 35.5 Å². The number of hydrogen-bond acceptors (Lipinski definition) is 10. The van der Waals surface area contributed by atoms with Crippen molar-refractivity contribution in [1.29, 1.82) is 5.26 Å². The van der Waals surface area contributed by atoms with Crippen LogP contribution in [0.2, 0.25) is 5.02 Å². The van der Waals surface area contributed by atoms with Crippen LogP contribution >= 0.6 is 11.6 Å². The monoisotopic (exact) mass is 605 g/mol. The zero-order valence-electron chi connectivity index (χ0n) is 23.5. The molecule has 11 nitrogen and oxygen atoms in total. The molecule has 0 radical (unpaired) electrons. The number of anilines is 2. The van der Waals surface area contributed by atoms with Crippen LogP contribution in [0, 0.1) is 16.7 Å². The van der Waals surface area contributed by atoms with Crippen molar-refractivity contribution in [1.82, 2.24) is 20.0 Å². The Balaban J connectivity index is 1.24. The van der Waals surface area contributed by atoms with Gasteiger partial charge in [-0.05, 0) is 56.7 Å². The van der Waals surface area contributed by atoms with E-state index in [-0.39, 0.29) is 6.54 Å². The van der Waals surface area contributed by atoms with E-state index in [9.17, 15) is 13.7 Å². The standard InChI is InChI=1S/C28H40ClN7O4S/c1-41(37,38)34-12-16-40-15-11-31-21-5-7-22(8-6-21)35-27-17-23(24(29)18-32-27)25-3-2-4-26(36-25)33-20-28(19-30)9-13-39-14-10-28/h2-4,17-18,21-22,31,34H,5-16,20H2,1H3,(H,32,35)(H,33,36)/t21-,22-. The van der Waals surface area contributed by atoms with Crippen molar-refractivity contribution >= 4 is 33.3 Å². The summed E-state index contributed by atoms with van der Waals surface area (Å²) in [6.45, 7) is 3.65. The molecular formula is C28H40ClN7O4S. The first-order chi connectivity index (χ1) is 19.8. The molecule has 2 aliphatic rings. The number of nitrogens with zero attached hydrogens (tertiary/aromatic N) is 3. The summed E-state index contributed by atoms with van der Waals surface area (Å²) in [4.78, 5) is 9.28. The van der Waals surface area contributed by atoms with Gasteiger partial charge in [-0.3, -0.25) is 0 Å². The third-order valence-electron chi connectivity index (χ3n) is 7.54. The summed E-state index contributed by atoms with van der Waals surface area (Å²) in [5.74, 6) is 1.47. The third-order valence-corrected chi connectivity index (χ3v) is 8.57. The van der Waals surface area contributed by atoms with Crippen LogP contribution in [0.3, 0.4) is 0 Å². The van der Waals surface area contributed by atoms with Gasteiger partial charge in [0.25, 0.3) is 0 Å². The van der Waals surface area contributed by atoms with Crippen molar-refractivity contribution in [3.63, 3.8) is 0 Å². The summed E-state index contributed by atoms with van der Waals surface area (Å²) in [5.41, 5.74) is 1.10. The lowest BCUT2D eigenvalue weighted by Crippen LogP contribution is -2.38. The first-order valence-electron chi connectivity index (χ1n) is 14.1. The van der Waals surface area contributed by atoms with Gasteiger partial charge < -0.3 is 25.4 Å². The van der Waals surface area contributed by atoms with Gasteiger partial charge in [0.05, 0.1) is 41.7 Å². The first-order valence-corrected chi connectivity index (χ1v) is 16.4. The average Bonchev–Trinajstić information content (AvgIpc) is 2.97. The van der Waals surface area contributed by atoms with Crippen molar-refractivity contribution in [3.8, 4) is 17.3 Å². The maximum absolute atomic E-state index is 11.1. The molecule has 2 aromatic heterocycles. The van der Waals surface area contributed by atoms with Crippen LogP contribution in [-0.4, -0.2) is 82.8 Å². The van der Waals surface area contributed by atoms with E-state index in [0.29, 0.717) is 68.7 Å². The maximum Gasteiger partial charge on any atom is 0.208 e. The molecule has 3 heterocycles. The fourth-order valence-corrected chi connectivity index (χ4v) is 5.79. The Morgan fingerprint density at radius 2 is 1.85 bits per heavy atom. The van der Waals surface area contributed by atoms with Crippen LogP contribution in [0.15, 0.2) is 30.5 Å². The Morgan fingerprint density at radius 3 is 2.59 bits per heavy atom. The molecule has 0 unspecified atom stereocenters. The molecule has 2 aromatic rings. The number of ether oxygens (including phenoxy) is 2. The van der Waals surface area contributed by atoms with Crippen LogP contribution < -0.4 is 20.7 Å².